The van der Waals surface area contributed by atoms with Crippen molar-refractivity contribution in [2.45, 2.75) is 44.8 Å². The van der Waals surface area contributed by atoms with E-state index < -0.39 is 6.10 Å². The van der Waals surface area contributed by atoms with Gasteiger partial charge in [-0.25, -0.2) is 0 Å². The smallest absolute Gasteiger partial charge is 0.217 e. The van der Waals surface area contributed by atoms with Crippen molar-refractivity contribution in [1.82, 2.24) is 5.32 Å². The van der Waals surface area contributed by atoms with E-state index in [2.05, 4.69) is 17.4 Å². The van der Waals surface area contributed by atoms with Gasteiger partial charge in [0, 0.05) is 6.92 Å². The second kappa shape index (κ2) is 9.11. The van der Waals surface area contributed by atoms with Gasteiger partial charge < -0.3 is 10.4 Å². The predicted octanol–water partition coefficient (Wildman–Crippen LogP) is 3.64. The Labute approximate surface area is 138 Å². The maximum Gasteiger partial charge on any atom is 0.217 e. The molecule has 2 N–H and O–H groups in total. The SMILES string of the molecule is CC(=O)NC(CC(O)CCCc1ccccc1)c1ccccc1. The summed E-state index contributed by atoms with van der Waals surface area (Å²) < 4.78 is 0. The first kappa shape index (κ1) is 17.2. The van der Waals surface area contributed by atoms with Crippen LogP contribution in [0.25, 0.3) is 0 Å². The standard InChI is InChI=1S/C20H25NO2/c1-16(22)21-20(18-12-6-3-7-13-18)15-19(23)14-8-11-17-9-4-2-5-10-17/h2-7,9-10,12-13,19-20,23H,8,11,14-15H2,1H3,(H,21,22). The molecule has 3 nitrogen and oxygen atoms in total. The highest BCUT2D eigenvalue weighted by Crippen LogP contribution is 2.20. The van der Waals surface area contributed by atoms with Crippen molar-refractivity contribution >= 4 is 5.91 Å². The number of hydrogen-bond donors (Lipinski definition) is 2. The molecule has 0 fully saturated rings. The molecular weight excluding hydrogens is 286 g/mol. The van der Waals surface area contributed by atoms with Crippen LogP contribution in [0.3, 0.4) is 0 Å². The molecule has 2 rings (SSSR count). The van der Waals surface area contributed by atoms with Crippen molar-refractivity contribution in [3.8, 4) is 0 Å². The molecule has 0 bridgehead atoms. The minimum atomic E-state index is -0.421. The number of amides is 1. The van der Waals surface area contributed by atoms with Gasteiger partial charge in [0.1, 0.15) is 0 Å². The molecule has 0 aliphatic heterocycles. The molecule has 0 aliphatic carbocycles. The van der Waals surface area contributed by atoms with E-state index in [1.807, 2.05) is 48.5 Å². The molecule has 0 aliphatic rings. The van der Waals surface area contributed by atoms with Crippen LogP contribution in [0.4, 0.5) is 0 Å². The number of aliphatic hydroxyl groups is 1. The molecule has 0 spiro atoms. The van der Waals surface area contributed by atoms with Crippen LogP contribution in [-0.2, 0) is 11.2 Å². The molecule has 0 radical (unpaired) electrons. The molecule has 2 aromatic carbocycles. The Morgan fingerprint density at radius 1 is 1.04 bits per heavy atom. The minimum Gasteiger partial charge on any atom is -0.393 e. The number of carbonyl (C=O) groups excluding carboxylic acids is 1. The van der Waals surface area contributed by atoms with E-state index in [0.717, 1.165) is 24.8 Å². The van der Waals surface area contributed by atoms with Gasteiger partial charge in [-0.15, -0.1) is 0 Å². The van der Waals surface area contributed by atoms with Crippen molar-refractivity contribution in [2.24, 2.45) is 0 Å². The third-order valence-corrected chi connectivity index (χ3v) is 3.93. The lowest BCUT2D eigenvalue weighted by atomic mass is 9.97. The van der Waals surface area contributed by atoms with Crippen molar-refractivity contribution in [3.05, 3.63) is 71.8 Å². The third-order valence-electron chi connectivity index (χ3n) is 3.93. The van der Waals surface area contributed by atoms with Gasteiger partial charge >= 0.3 is 0 Å². The molecular formula is C20H25NO2. The first-order chi connectivity index (χ1) is 11.1. The summed E-state index contributed by atoms with van der Waals surface area (Å²) in [6.45, 7) is 1.51. The molecule has 2 unspecified atom stereocenters. The van der Waals surface area contributed by atoms with Crippen LogP contribution in [0.2, 0.25) is 0 Å². The molecule has 1 amide bonds. The second-order valence-electron chi connectivity index (χ2n) is 5.93. The highest BCUT2D eigenvalue weighted by atomic mass is 16.3. The molecule has 2 atom stereocenters. The Morgan fingerprint density at radius 3 is 2.26 bits per heavy atom. The van der Waals surface area contributed by atoms with Crippen molar-refractivity contribution < 1.29 is 9.90 Å². The van der Waals surface area contributed by atoms with E-state index in [1.54, 1.807) is 0 Å². The van der Waals surface area contributed by atoms with E-state index in [4.69, 9.17) is 0 Å². The fourth-order valence-corrected chi connectivity index (χ4v) is 2.79. The largest absolute Gasteiger partial charge is 0.393 e. The van der Waals surface area contributed by atoms with Crippen LogP contribution < -0.4 is 5.32 Å². The Hall–Kier alpha value is -2.13. The van der Waals surface area contributed by atoms with Crippen molar-refractivity contribution in [1.29, 1.82) is 0 Å². The van der Waals surface area contributed by atoms with E-state index in [-0.39, 0.29) is 11.9 Å². The Morgan fingerprint density at radius 2 is 1.65 bits per heavy atom. The molecule has 23 heavy (non-hydrogen) atoms. The summed E-state index contributed by atoms with van der Waals surface area (Å²) in [7, 11) is 0. The maximum atomic E-state index is 11.4. The Kier molecular flexibility index (Phi) is 6.82. The van der Waals surface area contributed by atoms with Crippen LogP contribution in [0.1, 0.15) is 43.4 Å². The van der Waals surface area contributed by atoms with Gasteiger partial charge in [0.15, 0.2) is 0 Å². The van der Waals surface area contributed by atoms with Gasteiger partial charge in [-0.1, -0.05) is 60.7 Å². The molecule has 0 heterocycles. The van der Waals surface area contributed by atoms with E-state index >= 15 is 0 Å². The fraction of sp³-hybridized carbons (Fsp3) is 0.350. The first-order valence-corrected chi connectivity index (χ1v) is 8.19. The number of aryl methyl sites for hydroxylation is 1. The van der Waals surface area contributed by atoms with Gasteiger partial charge in [0.05, 0.1) is 12.1 Å². The zero-order chi connectivity index (χ0) is 16.5. The van der Waals surface area contributed by atoms with Crippen LogP contribution in [0.15, 0.2) is 60.7 Å². The van der Waals surface area contributed by atoms with Crippen LogP contribution in [-0.4, -0.2) is 17.1 Å². The lowest BCUT2D eigenvalue weighted by molar-refractivity contribution is -0.119. The Balaban J connectivity index is 1.85. The summed E-state index contributed by atoms with van der Waals surface area (Å²) in [5.41, 5.74) is 2.32. The van der Waals surface area contributed by atoms with Crippen LogP contribution >= 0.6 is 0 Å². The quantitative estimate of drug-likeness (QED) is 0.782. The van der Waals surface area contributed by atoms with E-state index in [0.29, 0.717) is 6.42 Å². The first-order valence-electron chi connectivity index (χ1n) is 8.19. The lowest BCUT2D eigenvalue weighted by Gasteiger charge is -2.21. The molecule has 0 saturated carbocycles. The minimum absolute atomic E-state index is 0.0738. The summed E-state index contributed by atoms with van der Waals surface area (Å²) in [5, 5.41) is 13.3. The summed E-state index contributed by atoms with van der Waals surface area (Å²) in [5.74, 6) is -0.0738. The number of carbonyl (C=O) groups is 1. The summed E-state index contributed by atoms with van der Waals surface area (Å²) in [4.78, 5) is 11.4. The maximum absolute atomic E-state index is 11.4. The van der Waals surface area contributed by atoms with Gasteiger partial charge in [0.2, 0.25) is 5.91 Å². The average Bonchev–Trinajstić information content (AvgIpc) is 2.56. The summed E-state index contributed by atoms with van der Waals surface area (Å²) in [6.07, 6.45) is 2.76. The highest BCUT2D eigenvalue weighted by Gasteiger charge is 2.17. The lowest BCUT2D eigenvalue weighted by Crippen LogP contribution is -2.29. The molecule has 2 aromatic rings. The molecule has 0 saturated heterocycles. The summed E-state index contributed by atoms with van der Waals surface area (Å²) >= 11 is 0. The van der Waals surface area contributed by atoms with Gasteiger partial charge in [-0.3, -0.25) is 4.79 Å². The number of rotatable bonds is 8. The summed E-state index contributed by atoms with van der Waals surface area (Å²) in [6, 6.07) is 20.0. The van der Waals surface area contributed by atoms with E-state index in [9.17, 15) is 9.90 Å². The number of benzene rings is 2. The number of hydrogen-bond acceptors (Lipinski definition) is 2. The van der Waals surface area contributed by atoms with E-state index in [1.165, 1.54) is 12.5 Å². The number of nitrogens with one attached hydrogen (secondary N) is 1. The topological polar surface area (TPSA) is 49.3 Å². The zero-order valence-corrected chi connectivity index (χ0v) is 13.6. The van der Waals surface area contributed by atoms with Gasteiger partial charge in [-0.05, 0) is 36.8 Å². The monoisotopic (exact) mass is 311 g/mol. The third kappa shape index (κ3) is 6.25. The van der Waals surface area contributed by atoms with Crippen molar-refractivity contribution in [2.75, 3.05) is 0 Å². The van der Waals surface area contributed by atoms with Crippen LogP contribution in [0, 0.1) is 0 Å². The molecule has 0 aromatic heterocycles. The number of aliphatic hydroxyl groups excluding tert-OH is 1. The predicted molar refractivity (Wildman–Crippen MR) is 93.0 cm³/mol. The average molecular weight is 311 g/mol. The van der Waals surface area contributed by atoms with Gasteiger partial charge in [-0.2, -0.15) is 0 Å². The Bertz CT molecular complexity index is 583. The highest BCUT2D eigenvalue weighted by molar-refractivity contribution is 5.73. The molecule has 122 valence electrons. The van der Waals surface area contributed by atoms with Gasteiger partial charge in [0.25, 0.3) is 0 Å². The fourth-order valence-electron chi connectivity index (χ4n) is 2.79. The van der Waals surface area contributed by atoms with Crippen LogP contribution in [0.5, 0.6) is 0 Å². The second-order valence-corrected chi connectivity index (χ2v) is 5.93. The van der Waals surface area contributed by atoms with Crippen molar-refractivity contribution in [3.63, 3.8) is 0 Å². The normalized spacial score (nSPS) is 13.3. The molecule has 3 heteroatoms. The zero-order valence-electron chi connectivity index (χ0n) is 13.6.